The van der Waals surface area contributed by atoms with Gasteiger partial charge in [-0.2, -0.15) is 5.10 Å². The lowest BCUT2D eigenvalue weighted by Gasteiger charge is -2.31. The normalized spacial score (nSPS) is 21.4. The maximum Gasteiger partial charge on any atom is 0.154 e. The number of allylic oxidation sites excluding steroid dienone is 2. The van der Waals surface area contributed by atoms with Crippen LogP contribution in [0.2, 0.25) is 0 Å². The third-order valence-electron chi connectivity index (χ3n) is 5.44. The minimum Gasteiger partial charge on any atom is -0.497 e. The molecule has 2 aliphatic rings. The number of ether oxygens (including phenoxy) is 1. The predicted octanol–water partition coefficient (Wildman–Crippen LogP) is 4.51. The number of methoxy groups -OCH3 is 1. The first kappa shape index (κ1) is 17.5. The van der Waals surface area contributed by atoms with Gasteiger partial charge in [0.25, 0.3) is 0 Å². The molecule has 1 aliphatic carbocycles. The fraction of sp³-hybridized carbons (Fsp3) is 0.304. The number of carbonyl (C=O) groups is 1. The van der Waals surface area contributed by atoms with E-state index in [0.29, 0.717) is 5.92 Å². The van der Waals surface area contributed by atoms with Gasteiger partial charge in [0.1, 0.15) is 5.75 Å². The number of hydrogen-bond acceptors (Lipinski definition) is 4. The number of nitrogens with zero attached hydrogens (tertiary/aromatic N) is 2. The molecule has 0 saturated carbocycles. The molecule has 0 radical (unpaired) electrons. The van der Waals surface area contributed by atoms with E-state index in [4.69, 9.17) is 9.84 Å². The molecule has 0 N–H and O–H groups in total. The maximum absolute atomic E-state index is 11.7. The monoisotopic (exact) mass is 360 g/mol. The molecule has 0 bridgehead atoms. The first-order valence-corrected chi connectivity index (χ1v) is 9.37. The zero-order chi connectivity index (χ0) is 19.0. The van der Waals surface area contributed by atoms with Gasteiger partial charge in [-0.15, -0.1) is 0 Å². The van der Waals surface area contributed by atoms with Crippen LogP contribution in [-0.2, 0) is 11.2 Å². The quantitative estimate of drug-likeness (QED) is 0.753. The zero-order valence-corrected chi connectivity index (χ0v) is 16.0. The van der Waals surface area contributed by atoms with Crippen molar-refractivity contribution in [2.45, 2.75) is 32.7 Å². The molecule has 0 unspecified atom stereocenters. The molecule has 0 amide bonds. The third kappa shape index (κ3) is 3.16. The highest BCUT2D eigenvalue weighted by Crippen LogP contribution is 2.45. The Labute approximate surface area is 160 Å². The zero-order valence-electron chi connectivity index (χ0n) is 16.0. The number of benzene rings is 2. The smallest absolute Gasteiger partial charge is 0.154 e. The molecular formula is C23H24N2O2. The Morgan fingerprint density at radius 2 is 1.96 bits per heavy atom. The van der Waals surface area contributed by atoms with Crippen LogP contribution in [0.15, 0.2) is 65.4 Å². The molecule has 1 aliphatic heterocycles. The van der Waals surface area contributed by atoms with Gasteiger partial charge < -0.3 is 4.74 Å². The summed E-state index contributed by atoms with van der Waals surface area (Å²) in [6.45, 7) is 3.54. The number of aryl methyl sites for hydroxylation is 1. The number of fused-ring (bicyclic) bond motifs is 3. The van der Waals surface area contributed by atoms with E-state index >= 15 is 0 Å². The second-order valence-electron chi connectivity index (χ2n) is 7.25. The molecule has 0 spiro atoms. The second-order valence-corrected chi connectivity index (χ2v) is 7.25. The van der Waals surface area contributed by atoms with Crippen LogP contribution in [0.4, 0.5) is 0 Å². The van der Waals surface area contributed by atoms with Gasteiger partial charge in [-0.25, -0.2) is 0 Å². The van der Waals surface area contributed by atoms with Gasteiger partial charge in [0.2, 0.25) is 0 Å². The lowest BCUT2D eigenvalue weighted by atomic mass is 9.77. The van der Waals surface area contributed by atoms with Crippen LogP contribution >= 0.6 is 0 Å². The summed E-state index contributed by atoms with van der Waals surface area (Å²) < 4.78 is 5.44. The summed E-state index contributed by atoms with van der Waals surface area (Å²) in [7, 11) is 1.69. The third-order valence-corrected chi connectivity index (χ3v) is 5.44. The van der Waals surface area contributed by atoms with Crippen molar-refractivity contribution in [1.82, 2.24) is 5.01 Å². The number of rotatable bonds is 4. The Bertz CT molecular complexity index is 931. The Balaban J connectivity index is 1.83. The van der Waals surface area contributed by atoms with Crippen LogP contribution in [0.25, 0.3) is 0 Å². The molecular weight excluding hydrogens is 336 g/mol. The summed E-state index contributed by atoms with van der Waals surface area (Å²) in [5.41, 5.74) is 5.68. The molecule has 4 rings (SSSR count). The molecule has 138 valence electrons. The van der Waals surface area contributed by atoms with E-state index in [1.807, 2.05) is 24.1 Å². The number of hydrazone groups is 1. The highest BCUT2D eigenvalue weighted by molar-refractivity contribution is 6.06. The predicted molar refractivity (Wildman–Crippen MR) is 107 cm³/mol. The molecule has 0 aromatic heterocycles. The number of ketones is 1. The lowest BCUT2D eigenvalue weighted by molar-refractivity contribution is -0.112. The van der Waals surface area contributed by atoms with E-state index in [9.17, 15) is 4.79 Å². The highest BCUT2D eigenvalue weighted by atomic mass is 16.5. The molecule has 2 aromatic carbocycles. The van der Waals surface area contributed by atoms with E-state index in [1.165, 1.54) is 16.7 Å². The van der Waals surface area contributed by atoms with Crippen LogP contribution in [0, 0.1) is 5.92 Å². The van der Waals surface area contributed by atoms with Crippen molar-refractivity contribution in [2.75, 3.05) is 7.11 Å². The average molecular weight is 360 g/mol. The minimum atomic E-state index is 0.0384. The standard InChI is InChI=1S/C23H24N2O2/c1-15(13-16(2)26)25-23(18-7-5-4-6-8-18)20-12-10-17-9-11-19(27-3)14-21(17)22(20)24-25/h4-9,11,13-14,20,23H,10,12H2,1-3H3/b15-13+/t20-,23-/m0/s1. The van der Waals surface area contributed by atoms with Crippen molar-refractivity contribution in [3.05, 3.63) is 77.0 Å². The molecule has 27 heavy (non-hydrogen) atoms. The molecule has 4 heteroatoms. The van der Waals surface area contributed by atoms with Gasteiger partial charge in [0.05, 0.1) is 18.9 Å². The van der Waals surface area contributed by atoms with E-state index in [2.05, 4.69) is 36.4 Å². The topological polar surface area (TPSA) is 41.9 Å². The fourth-order valence-corrected chi connectivity index (χ4v) is 4.25. The van der Waals surface area contributed by atoms with Gasteiger partial charge in [0.15, 0.2) is 5.78 Å². The first-order chi connectivity index (χ1) is 13.1. The van der Waals surface area contributed by atoms with Crippen LogP contribution in [0.3, 0.4) is 0 Å². The SMILES string of the molecule is COc1ccc2c(c1)C1=NN(/C(C)=C/C(C)=O)[C@@H](c3ccccc3)[C@H]1CC2. The molecule has 0 saturated heterocycles. The van der Waals surface area contributed by atoms with E-state index in [0.717, 1.165) is 30.0 Å². The molecule has 2 atom stereocenters. The maximum atomic E-state index is 11.7. The van der Waals surface area contributed by atoms with Gasteiger partial charge in [-0.1, -0.05) is 36.4 Å². The summed E-state index contributed by atoms with van der Waals surface area (Å²) in [5, 5.41) is 7.04. The van der Waals surface area contributed by atoms with Crippen LogP contribution in [0.1, 0.15) is 43.0 Å². The minimum absolute atomic E-state index is 0.0384. The van der Waals surface area contributed by atoms with Crippen molar-refractivity contribution in [1.29, 1.82) is 0 Å². The highest BCUT2D eigenvalue weighted by Gasteiger charge is 2.42. The lowest BCUT2D eigenvalue weighted by Crippen LogP contribution is -2.28. The summed E-state index contributed by atoms with van der Waals surface area (Å²) in [6, 6.07) is 16.8. The Morgan fingerprint density at radius 1 is 1.19 bits per heavy atom. The Morgan fingerprint density at radius 3 is 2.67 bits per heavy atom. The Kier molecular flexibility index (Phi) is 4.56. The van der Waals surface area contributed by atoms with Gasteiger partial charge >= 0.3 is 0 Å². The first-order valence-electron chi connectivity index (χ1n) is 9.37. The number of hydrogen-bond donors (Lipinski definition) is 0. The van der Waals surface area contributed by atoms with Crippen molar-refractivity contribution in [3.63, 3.8) is 0 Å². The second kappa shape index (κ2) is 7.03. The van der Waals surface area contributed by atoms with E-state index in [-0.39, 0.29) is 11.8 Å². The van der Waals surface area contributed by atoms with Crippen molar-refractivity contribution in [3.8, 4) is 5.75 Å². The van der Waals surface area contributed by atoms with Crippen LogP contribution < -0.4 is 4.74 Å². The summed E-state index contributed by atoms with van der Waals surface area (Å²) >= 11 is 0. The van der Waals surface area contributed by atoms with Crippen molar-refractivity contribution < 1.29 is 9.53 Å². The number of carbonyl (C=O) groups excluding carboxylic acids is 1. The van der Waals surface area contributed by atoms with Crippen molar-refractivity contribution in [2.24, 2.45) is 11.0 Å². The van der Waals surface area contributed by atoms with Crippen molar-refractivity contribution >= 4 is 11.5 Å². The molecule has 4 nitrogen and oxygen atoms in total. The van der Waals surface area contributed by atoms with Gasteiger partial charge in [-0.3, -0.25) is 9.80 Å². The van der Waals surface area contributed by atoms with Crippen LogP contribution in [0.5, 0.6) is 5.75 Å². The largest absolute Gasteiger partial charge is 0.497 e. The average Bonchev–Trinajstić information content (AvgIpc) is 3.08. The Hall–Kier alpha value is -2.88. The molecule has 2 aromatic rings. The van der Waals surface area contributed by atoms with E-state index in [1.54, 1.807) is 20.1 Å². The summed E-state index contributed by atoms with van der Waals surface area (Å²) in [6.07, 6.45) is 3.74. The fourth-order valence-electron chi connectivity index (χ4n) is 4.25. The molecule has 0 fully saturated rings. The molecule has 1 heterocycles. The summed E-state index contributed by atoms with van der Waals surface area (Å²) in [5.74, 6) is 1.18. The summed E-state index contributed by atoms with van der Waals surface area (Å²) in [4.78, 5) is 11.7. The van der Waals surface area contributed by atoms with Gasteiger partial charge in [0, 0.05) is 23.3 Å². The van der Waals surface area contributed by atoms with E-state index < -0.39 is 0 Å². The van der Waals surface area contributed by atoms with Crippen LogP contribution in [-0.4, -0.2) is 23.6 Å². The van der Waals surface area contributed by atoms with Gasteiger partial charge in [-0.05, 0) is 49.9 Å².